The van der Waals surface area contributed by atoms with Gasteiger partial charge in [0.2, 0.25) is 0 Å². The van der Waals surface area contributed by atoms with Crippen LogP contribution in [0.1, 0.15) is 12.5 Å². The maximum Gasteiger partial charge on any atom is 0.311 e. The van der Waals surface area contributed by atoms with Crippen molar-refractivity contribution in [3.05, 3.63) is 33.9 Å². The lowest BCUT2D eigenvalue weighted by Crippen LogP contribution is -2.45. The molecule has 0 atom stereocenters. The molecule has 2 rings (SSSR count). The second kappa shape index (κ2) is 5.99. The summed E-state index contributed by atoms with van der Waals surface area (Å²) in [4.78, 5) is 14.8. The molecule has 0 saturated carbocycles. The number of hydrogen-bond acceptors (Lipinski definition) is 5. The van der Waals surface area contributed by atoms with Gasteiger partial charge in [0, 0.05) is 44.4 Å². The van der Waals surface area contributed by atoms with Crippen molar-refractivity contribution in [3.8, 4) is 5.75 Å². The summed E-state index contributed by atoms with van der Waals surface area (Å²) < 4.78 is 0. The molecule has 0 spiro atoms. The number of rotatable bonds is 4. The number of hydrogen-bond donors (Lipinski definition) is 1. The molecule has 0 amide bonds. The quantitative estimate of drug-likeness (QED) is 0.659. The van der Waals surface area contributed by atoms with Crippen LogP contribution >= 0.6 is 0 Å². The molecule has 0 radical (unpaired) electrons. The average Bonchev–Trinajstić information content (AvgIpc) is 2.41. The van der Waals surface area contributed by atoms with Gasteiger partial charge in [0.05, 0.1) is 4.92 Å². The van der Waals surface area contributed by atoms with E-state index in [9.17, 15) is 15.2 Å². The van der Waals surface area contributed by atoms with E-state index >= 15 is 0 Å². The largest absolute Gasteiger partial charge is 0.502 e. The maximum absolute atomic E-state index is 10.8. The molecule has 6 heteroatoms. The second-order valence-electron chi connectivity index (χ2n) is 4.75. The molecular formula is C13H19N3O3. The minimum atomic E-state index is -0.548. The normalized spacial score (nSPS) is 17.5. The summed E-state index contributed by atoms with van der Waals surface area (Å²) in [5.41, 5.74) is 0.406. The molecule has 0 aliphatic carbocycles. The number of para-hydroxylation sites is 1. The fraction of sp³-hybridized carbons (Fsp3) is 0.538. The Morgan fingerprint density at radius 2 is 1.89 bits per heavy atom. The van der Waals surface area contributed by atoms with Crippen LogP contribution in [0, 0.1) is 10.1 Å². The van der Waals surface area contributed by atoms with E-state index < -0.39 is 4.92 Å². The van der Waals surface area contributed by atoms with Crippen LogP contribution in [0.25, 0.3) is 0 Å². The van der Waals surface area contributed by atoms with Crippen molar-refractivity contribution in [2.24, 2.45) is 0 Å². The van der Waals surface area contributed by atoms with Crippen LogP contribution in [0.15, 0.2) is 18.2 Å². The lowest BCUT2D eigenvalue weighted by molar-refractivity contribution is -0.385. The van der Waals surface area contributed by atoms with E-state index in [1.165, 1.54) is 6.07 Å². The Balaban J connectivity index is 2.04. The van der Waals surface area contributed by atoms with Gasteiger partial charge < -0.3 is 10.0 Å². The van der Waals surface area contributed by atoms with E-state index in [0.29, 0.717) is 12.1 Å². The number of benzene rings is 1. The zero-order valence-corrected chi connectivity index (χ0v) is 11.1. The highest BCUT2D eigenvalue weighted by Crippen LogP contribution is 2.30. The summed E-state index contributed by atoms with van der Waals surface area (Å²) in [6, 6.07) is 4.69. The lowest BCUT2D eigenvalue weighted by Gasteiger charge is -2.34. The lowest BCUT2D eigenvalue weighted by atomic mass is 10.1. The smallest absolute Gasteiger partial charge is 0.311 e. The van der Waals surface area contributed by atoms with Crippen LogP contribution in [-0.2, 0) is 6.54 Å². The Morgan fingerprint density at radius 1 is 1.26 bits per heavy atom. The molecule has 1 fully saturated rings. The van der Waals surface area contributed by atoms with E-state index in [-0.39, 0.29) is 11.4 Å². The molecule has 1 N–H and O–H groups in total. The van der Waals surface area contributed by atoms with Gasteiger partial charge in [-0.3, -0.25) is 15.0 Å². The van der Waals surface area contributed by atoms with Crippen LogP contribution < -0.4 is 0 Å². The summed E-state index contributed by atoms with van der Waals surface area (Å²) >= 11 is 0. The molecule has 104 valence electrons. The van der Waals surface area contributed by atoms with Gasteiger partial charge in [0.15, 0.2) is 5.75 Å². The van der Waals surface area contributed by atoms with Gasteiger partial charge >= 0.3 is 5.69 Å². The first-order chi connectivity index (χ1) is 9.11. The fourth-order valence-corrected chi connectivity index (χ4v) is 2.36. The highest BCUT2D eigenvalue weighted by molar-refractivity contribution is 5.50. The Labute approximate surface area is 112 Å². The van der Waals surface area contributed by atoms with Crippen LogP contribution in [0.2, 0.25) is 0 Å². The number of nitrogens with zero attached hydrogens (tertiary/aromatic N) is 3. The van der Waals surface area contributed by atoms with Crippen molar-refractivity contribution >= 4 is 5.69 Å². The standard InChI is InChI=1S/C13H19N3O3/c1-2-14-6-8-15(9-7-14)10-11-4-3-5-12(13(11)17)16(18)19/h3-5,17H,2,6-10H2,1H3. The summed E-state index contributed by atoms with van der Waals surface area (Å²) in [7, 11) is 0. The van der Waals surface area contributed by atoms with Gasteiger partial charge in [0.25, 0.3) is 0 Å². The van der Waals surface area contributed by atoms with Crippen molar-refractivity contribution in [3.63, 3.8) is 0 Å². The first-order valence-corrected chi connectivity index (χ1v) is 6.51. The Bertz CT molecular complexity index is 456. The molecule has 0 aromatic heterocycles. The van der Waals surface area contributed by atoms with Gasteiger partial charge in [-0.25, -0.2) is 0 Å². The van der Waals surface area contributed by atoms with E-state index in [1.807, 2.05) is 0 Å². The number of nitro groups is 1. The van der Waals surface area contributed by atoms with Gasteiger partial charge in [0.1, 0.15) is 0 Å². The van der Waals surface area contributed by atoms with Crippen LogP contribution in [-0.4, -0.2) is 52.6 Å². The summed E-state index contributed by atoms with van der Waals surface area (Å²) in [5.74, 6) is -0.203. The first kappa shape index (κ1) is 13.8. The highest BCUT2D eigenvalue weighted by atomic mass is 16.6. The minimum absolute atomic E-state index is 0.203. The van der Waals surface area contributed by atoms with Gasteiger partial charge in [-0.15, -0.1) is 0 Å². The summed E-state index contributed by atoms with van der Waals surface area (Å²) in [5, 5.41) is 20.7. The predicted octanol–water partition coefficient (Wildman–Crippen LogP) is 1.44. The predicted molar refractivity (Wildman–Crippen MR) is 72.2 cm³/mol. The Kier molecular flexibility index (Phi) is 4.34. The van der Waals surface area contributed by atoms with Crippen LogP contribution in [0.4, 0.5) is 5.69 Å². The SMILES string of the molecule is CCN1CCN(Cc2cccc([N+](=O)[O-])c2O)CC1. The Morgan fingerprint density at radius 3 is 2.47 bits per heavy atom. The third-order valence-electron chi connectivity index (χ3n) is 3.60. The molecule has 1 aromatic rings. The topological polar surface area (TPSA) is 69.9 Å². The zero-order valence-electron chi connectivity index (χ0n) is 11.1. The molecule has 1 aromatic carbocycles. The molecule has 0 unspecified atom stereocenters. The number of phenols is 1. The third-order valence-corrected chi connectivity index (χ3v) is 3.60. The average molecular weight is 265 g/mol. The van der Waals surface area contributed by atoms with Crippen molar-refractivity contribution < 1.29 is 10.0 Å². The third kappa shape index (κ3) is 3.21. The van der Waals surface area contributed by atoms with Crippen molar-refractivity contribution in [1.29, 1.82) is 0 Å². The number of nitro benzene ring substituents is 1. The molecule has 1 aliphatic rings. The van der Waals surface area contributed by atoms with E-state index in [2.05, 4.69) is 16.7 Å². The van der Waals surface area contributed by atoms with Crippen LogP contribution in [0.5, 0.6) is 5.75 Å². The van der Waals surface area contributed by atoms with Crippen molar-refractivity contribution in [1.82, 2.24) is 9.80 Å². The molecule has 1 heterocycles. The molecule has 1 saturated heterocycles. The number of likely N-dealkylation sites (N-methyl/N-ethyl adjacent to an activating group) is 1. The summed E-state index contributed by atoms with van der Waals surface area (Å²) in [6.07, 6.45) is 0. The van der Waals surface area contributed by atoms with Gasteiger partial charge in [-0.1, -0.05) is 19.1 Å². The highest BCUT2D eigenvalue weighted by Gasteiger charge is 2.20. The number of phenolic OH excluding ortho intramolecular Hbond substituents is 1. The van der Waals surface area contributed by atoms with Crippen LogP contribution in [0.3, 0.4) is 0 Å². The minimum Gasteiger partial charge on any atom is -0.502 e. The molecule has 6 nitrogen and oxygen atoms in total. The molecule has 1 aliphatic heterocycles. The second-order valence-corrected chi connectivity index (χ2v) is 4.75. The van der Waals surface area contributed by atoms with E-state index in [4.69, 9.17) is 0 Å². The summed E-state index contributed by atoms with van der Waals surface area (Å²) in [6.45, 7) is 7.62. The van der Waals surface area contributed by atoms with E-state index in [0.717, 1.165) is 32.7 Å². The molecular weight excluding hydrogens is 246 g/mol. The maximum atomic E-state index is 10.8. The molecule has 19 heavy (non-hydrogen) atoms. The number of piperazine rings is 1. The van der Waals surface area contributed by atoms with Crippen molar-refractivity contribution in [2.45, 2.75) is 13.5 Å². The van der Waals surface area contributed by atoms with E-state index in [1.54, 1.807) is 12.1 Å². The fourth-order valence-electron chi connectivity index (χ4n) is 2.36. The zero-order chi connectivity index (χ0) is 13.8. The number of aromatic hydroxyl groups is 1. The van der Waals surface area contributed by atoms with Crippen molar-refractivity contribution in [2.75, 3.05) is 32.7 Å². The molecule has 0 bridgehead atoms. The van der Waals surface area contributed by atoms with Gasteiger partial charge in [-0.2, -0.15) is 0 Å². The Hall–Kier alpha value is -1.66. The van der Waals surface area contributed by atoms with Gasteiger partial charge in [-0.05, 0) is 6.54 Å². The monoisotopic (exact) mass is 265 g/mol. The first-order valence-electron chi connectivity index (χ1n) is 6.51.